The third-order valence-corrected chi connectivity index (χ3v) is 2.76. The van der Waals surface area contributed by atoms with E-state index in [4.69, 9.17) is 16.3 Å². The molecule has 0 fully saturated rings. The molecule has 7 heteroatoms. The van der Waals surface area contributed by atoms with Crippen LogP contribution in [0.5, 0.6) is 0 Å². The van der Waals surface area contributed by atoms with Crippen molar-refractivity contribution >= 4 is 17.4 Å². The second kappa shape index (κ2) is 8.22. The van der Waals surface area contributed by atoms with Gasteiger partial charge >= 0.3 is 0 Å². The summed E-state index contributed by atoms with van der Waals surface area (Å²) >= 11 is 6.01. The van der Waals surface area contributed by atoms with Crippen LogP contribution >= 0.6 is 11.6 Å². The molecule has 0 saturated heterocycles. The van der Waals surface area contributed by atoms with Crippen LogP contribution in [0.4, 0.5) is 14.6 Å². The Kier molecular flexibility index (Phi) is 6.94. The van der Waals surface area contributed by atoms with E-state index in [1.807, 2.05) is 6.92 Å². The second-order valence-electron chi connectivity index (χ2n) is 4.05. The summed E-state index contributed by atoms with van der Waals surface area (Å²) in [6, 6.07) is 0. The highest BCUT2D eigenvalue weighted by molar-refractivity contribution is 6.30. The van der Waals surface area contributed by atoms with E-state index in [-0.39, 0.29) is 6.61 Å². The first-order valence-corrected chi connectivity index (χ1v) is 6.55. The Morgan fingerprint density at radius 2 is 2.11 bits per heavy atom. The van der Waals surface area contributed by atoms with E-state index in [1.165, 1.54) is 0 Å². The average molecular weight is 294 g/mol. The van der Waals surface area contributed by atoms with Crippen molar-refractivity contribution in [2.45, 2.75) is 33.1 Å². The van der Waals surface area contributed by atoms with E-state index in [1.54, 1.807) is 6.92 Å². The van der Waals surface area contributed by atoms with Gasteiger partial charge in [-0.1, -0.05) is 18.5 Å². The van der Waals surface area contributed by atoms with Gasteiger partial charge in [-0.15, -0.1) is 0 Å². The van der Waals surface area contributed by atoms with Gasteiger partial charge in [0.2, 0.25) is 0 Å². The van der Waals surface area contributed by atoms with Gasteiger partial charge in [0, 0.05) is 18.5 Å². The lowest BCUT2D eigenvalue weighted by Crippen LogP contribution is -2.15. The molecule has 4 nitrogen and oxygen atoms in total. The summed E-state index contributed by atoms with van der Waals surface area (Å²) in [6.45, 7) is 3.87. The van der Waals surface area contributed by atoms with Crippen molar-refractivity contribution in [2.24, 2.45) is 0 Å². The van der Waals surface area contributed by atoms with Crippen LogP contribution in [0.1, 0.15) is 24.7 Å². The monoisotopic (exact) mass is 293 g/mol. The van der Waals surface area contributed by atoms with Crippen molar-refractivity contribution in [2.75, 3.05) is 25.1 Å². The summed E-state index contributed by atoms with van der Waals surface area (Å²) in [4.78, 5) is 8.52. The molecule has 108 valence electrons. The summed E-state index contributed by atoms with van der Waals surface area (Å²) < 4.78 is 28.5. The molecule has 0 atom stereocenters. The minimum atomic E-state index is -2.44. The van der Waals surface area contributed by atoms with Crippen molar-refractivity contribution < 1.29 is 13.5 Å². The van der Waals surface area contributed by atoms with Gasteiger partial charge < -0.3 is 10.1 Å². The van der Waals surface area contributed by atoms with E-state index in [0.717, 1.165) is 18.4 Å². The van der Waals surface area contributed by atoms with Crippen LogP contribution in [0.2, 0.25) is 5.15 Å². The summed E-state index contributed by atoms with van der Waals surface area (Å²) in [5.41, 5.74) is 0.746. The number of aryl methyl sites for hydroxylation is 1. The lowest BCUT2D eigenvalue weighted by molar-refractivity contribution is 0.0214. The Labute approximate surface area is 116 Å². The van der Waals surface area contributed by atoms with Crippen LogP contribution in [0.25, 0.3) is 0 Å². The number of rotatable bonds is 8. The first kappa shape index (κ1) is 16.0. The Balaban J connectivity index is 2.52. The molecule has 1 N–H and O–H groups in total. The molecule has 1 aromatic rings. The fourth-order valence-electron chi connectivity index (χ4n) is 1.45. The molecular formula is C12H18ClF2N3O. The summed E-state index contributed by atoms with van der Waals surface area (Å²) in [5, 5.41) is 3.43. The maximum Gasteiger partial charge on any atom is 0.261 e. The molecule has 0 aromatic carbocycles. The molecule has 0 bridgehead atoms. The highest BCUT2D eigenvalue weighted by Gasteiger charge is 2.08. The van der Waals surface area contributed by atoms with E-state index < -0.39 is 13.0 Å². The Morgan fingerprint density at radius 3 is 2.74 bits per heavy atom. The smallest absolute Gasteiger partial charge is 0.261 e. The van der Waals surface area contributed by atoms with Crippen molar-refractivity contribution in [3.05, 3.63) is 16.5 Å². The first-order valence-electron chi connectivity index (χ1n) is 6.17. The zero-order valence-corrected chi connectivity index (χ0v) is 11.8. The molecule has 0 amide bonds. The minimum Gasteiger partial charge on any atom is -0.374 e. The van der Waals surface area contributed by atoms with Crippen LogP contribution in [0, 0.1) is 6.92 Å². The largest absolute Gasteiger partial charge is 0.374 e. The molecule has 0 unspecified atom stereocenters. The van der Waals surface area contributed by atoms with Crippen molar-refractivity contribution in [3.8, 4) is 0 Å². The van der Waals surface area contributed by atoms with Crippen molar-refractivity contribution in [1.29, 1.82) is 0 Å². The summed E-state index contributed by atoms with van der Waals surface area (Å²) in [7, 11) is 0. The molecule has 0 aliphatic rings. The van der Waals surface area contributed by atoms with Gasteiger partial charge in [-0.25, -0.2) is 18.7 Å². The third kappa shape index (κ3) is 5.65. The van der Waals surface area contributed by atoms with E-state index >= 15 is 0 Å². The molecule has 1 rings (SSSR count). The van der Waals surface area contributed by atoms with Crippen molar-refractivity contribution in [1.82, 2.24) is 9.97 Å². The molecule has 0 spiro atoms. The number of ether oxygens (including phenoxy) is 1. The van der Waals surface area contributed by atoms with Gasteiger partial charge in [0.25, 0.3) is 6.43 Å². The van der Waals surface area contributed by atoms with E-state index in [2.05, 4.69) is 15.3 Å². The SMILES string of the molecule is CCCc1nc(Cl)c(C)c(NCCOCC(F)F)n1. The van der Waals surface area contributed by atoms with Crippen LogP contribution in [-0.2, 0) is 11.2 Å². The zero-order chi connectivity index (χ0) is 14.3. The number of anilines is 1. The Hall–Kier alpha value is -1.01. The van der Waals surface area contributed by atoms with E-state index in [0.29, 0.717) is 23.3 Å². The summed E-state index contributed by atoms with van der Waals surface area (Å²) in [6.07, 6.45) is -0.765. The molecule has 0 saturated carbocycles. The topological polar surface area (TPSA) is 47.0 Å². The third-order valence-electron chi connectivity index (χ3n) is 2.39. The van der Waals surface area contributed by atoms with Crippen LogP contribution in [-0.4, -0.2) is 36.2 Å². The second-order valence-corrected chi connectivity index (χ2v) is 4.41. The van der Waals surface area contributed by atoms with Gasteiger partial charge in [-0.05, 0) is 13.3 Å². The predicted octanol–water partition coefficient (Wildman–Crippen LogP) is 3.08. The highest BCUT2D eigenvalue weighted by atomic mass is 35.5. The summed E-state index contributed by atoms with van der Waals surface area (Å²) in [5.74, 6) is 1.30. The van der Waals surface area contributed by atoms with Crippen LogP contribution in [0.3, 0.4) is 0 Å². The van der Waals surface area contributed by atoms with Gasteiger partial charge in [0.15, 0.2) is 0 Å². The molecule has 0 radical (unpaired) electrons. The van der Waals surface area contributed by atoms with Gasteiger partial charge in [0.05, 0.1) is 6.61 Å². The first-order chi connectivity index (χ1) is 9.04. The van der Waals surface area contributed by atoms with Crippen molar-refractivity contribution in [3.63, 3.8) is 0 Å². The fraction of sp³-hybridized carbons (Fsp3) is 0.667. The Morgan fingerprint density at radius 1 is 1.37 bits per heavy atom. The number of hydrogen-bond acceptors (Lipinski definition) is 4. The number of aromatic nitrogens is 2. The molecule has 1 heterocycles. The predicted molar refractivity (Wildman–Crippen MR) is 71.1 cm³/mol. The molecule has 0 aliphatic heterocycles. The molecule has 19 heavy (non-hydrogen) atoms. The van der Waals surface area contributed by atoms with Crippen LogP contribution in [0.15, 0.2) is 0 Å². The van der Waals surface area contributed by atoms with E-state index in [9.17, 15) is 8.78 Å². The van der Waals surface area contributed by atoms with Crippen LogP contribution < -0.4 is 5.32 Å². The highest BCUT2D eigenvalue weighted by Crippen LogP contribution is 2.20. The minimum absolute atomic E-state index is 0.189. The van der Waals surface area contributed by atoms with Gasteiger partial charge in [-0.3, -0.25) is 0 Å². The lowest BCUT2D eigenvalue weighted by Gasteiger charge is -2.11. The average Bonchev–Trinajstić information content (AvgIpc) is 2.34. The number of halogens is 3. The number of nitrogens with zero attached hydrogens (tertiary/aromatic N) is 2. The quantitative estimate of drug-likeness (QED) is 0.591. The lowest BCUT2D eigenvalue weighted by atomic mass is 10.3. The zero-order valence-electron chi connectivity index (χ0n) is 11.0. The number of nitrogens with one attached hydrogen (secondary N) is 1. The molecular weight excluding hydrogens is 276 g/mol. The number of alkyl halides is 2. The van der Waals surface area contributed by atoms with Gasteiger partial charge in [-0.2, -0.15) is 0 Å². The Bertz CT molecular complexity index is 405. The molecule has 1 aromatic heterocycles. The maximum absolute atomic E-state index is 11.9. The van der Waals surface area contributed by atoms with Gasteiger partial charge in [0.1, 0.15) is 23.4 Å². The molecule has 0 aliphatic carbocycles. The maximum atomic E-state index is 11.9. The fourth-order valence-corrected chi connectivity index (χ4v) is 1.64. The number of hydrogen-bond donors (Lipinski definition) is 1. The standard InChI is InChI=1S/C12H18ClF2N3O/c1-3-4-10-17-11(13)8(2)12(18-10)16-5-6-19-7-9(14)15/h9H,3-7H2,1-2H3,(H,16,17,18). The normalized spacial score (nSPS) is 11.1.